The maximum Gasteiger partial charge on any atom is 0.237 e. The molecule has 0 aliphatic carbocycles. The summed E-state index contributed by atoms with van der Waals surface area (Å²) in [6.07, 6.45) is 1.75. The second-order valence-electron chi connectivity index (χ2n) is 7.72. The molecule has 1 aromatic heterocycles. The fourth-order valence-electron chi connectivity index (χ4n) is 4.22. The molecule has 28 heavy (non-hydrogen) atoms. The molecular weight excluding hydrogens is 357 g/mol. The zero-order valence-electron chi connectivity index (χ0n) is 15.9. The molecule has 3 heterocycles. The number of hydrogen-bond acceptors (Lipinski definition) is 5. The van der Waals surface area contributed by atoms with Crippen molar-refractivity contribution < 1.29 is 9.18 Å². The summed E-state index contributed by atoms with van der Waals surface area (Å²) in [6.45, 7) is 3.89. The number of nitrogens with zero attached hydrogens (tertiary/aromatic N) is 4. The van der Waals surface area contributed by atoms with Crippen LogP contribution in [0.15, 0.2) is 30.5 Å². The van der Waals surface area contributed by atoms with E-state index in [9.17, 15) is 9.18 Å². The van der Waals surface area contributed by atoms with E-state index in [1.165, 1.54) is 4.90 Å². The predicted molar refractivity (Wildman–Crippen MR) is 106 cm³/mol. The van der Waals surface area contributed by atoms with Gasteiger partial charge in [-0.05, 0) is 37.1 Å². The Morgan fingerprint density at radius 2 is 2.25 bits per heavy atom. The fourth-order valence-corrected chi connectivity index (χ4v) is 4.22. The van der Waals surface area contributed by atoms with Crippen LogP contribution in [-0.2, 0) is 4.79 Å². The number of anilines is 1. The van der Waals surface area contributed by atoms with Crippen LogP contribution >= 0.6 is 0 Å². The van der Waals surface area contributed by atoms with Gasteiger partial charge in [0, 0.05) is 42.8 Å². The number of likely N-dealkylation sites (tertiary alicyclic amines) is 2. The summed E-state index contributed by atoms with van der Waals surface area (Å²) in [5.74, 6) is -0.155. The third kappa shape index (κ3) is 3.65. The first-order valence-corrected chi connectivity index (χ1v) is 9.71. The van der Waals surface area contributed by atoms with Crippen LogP contribution in [0.5, 0.6) is 0 Å². The van der Waals surface area contributed by atoms with E-state index >= 15 is 0 Å². The van der Waals surface area contributed by atoms with Gasteiger partial charge >= 0.3 is 0 Å². The monoisotopic (exact) mass is 381 g/mol. The Balaban J connectivity index is 1.40. The number of amides is 1. The highest BCUT2D eigenvalue weighted by molar-refractivity contribution is 5.93. The summed E-state index contributed by atoms with van der Waals surface area (Å²) in [5.41, 5.74) is 3.21. The molecular formula is C21H24FN5O. The standard InChI is InChI=1S/C21H24FN5O/c1-14-4-5-19-18(3-2-7-24-19)21(14)25-16-6-8-26(12-16)13-20(28)27-11-15(22)9-17(27)10-23/h2-5,7,15-17,25H,6,8-9,11-13H2,1H3/t15-,16+,17?/m0/s1. The molecule has 7 heteroatoms. The van der Waals surface area contributed by atoms with Crippen LogP contribution in [0.1, 0.15) is 18.4 Å². The topological polar surface area (TPSA) is 72.3 Å². The van der Waals surface area contributed by atoms with Crippen LogP contribution in [0, 0.1) is 18.3 Å². The predicted octanol–water partition coefficient (Wildman–Crippen LogP) is 2.49. The van der Waals surface area contributed by atoms with Gasteiger partial charge in [-0.1, -0.05) is 6.07 Å². The molecule has 6 nitrogen and oxygen atoms in total. The van der Waals surface area contributed by atoms with E-state index in [4.69, 9.17) is 5.26 Å². The van der Waals surface area contributed by atoms with Gasteiger partial charge in [-0.25, -0.2) is 4.39 Å². The zero-order chi connectivity index (χ0) is 19.7. The van der Waals surface area contributed by atoms with Crippen molar-refractivity contribution in [3.05, 3.63) is 36.0 Å². The molecule has 1 amide bonds. The van der Waals surface area contributed by atoms with Crippen LogP contribution in [-0.4, -0.2) is 65.1 Å². The van der Waals surface area contributed by atoms with Crippen molar-refractivity contribution in [3.8, 4) is 6.07 Å². The first kappa shape index (κ1) is 18.6. The number of carbonyl (C=O) groups excluding carboxylic acids is 1. The van der Waals surface area contributed by atoms with Gasteiger partial charge < -0.3 is 10.2 Å². The summed E-state index contributed by atoms with van der Waals surface area (Å²) in [4.78, 5) is 20.4. The number of rotatable bonds is 4. The summed E-state index contributed by atoms with van der Waals surface area (Å²) >= 11 is 0. The van der Waals surface area contributed by atoms with E-state index in [1.807, 2.05) is 18.2 Å². The molecule has 146 valence electrons. The Labute approximate surface area is 163 Å². The molecule has 2 aliphatic heterocycles. The normalized spacial score (nSPS) is 25.2. The average molecular weight is 381 g/mol. The van der Waals surface area contributed by atoms with E-state index < -0.39 is 12.2 Å². The van der Waals surface area contributed by atoms with Gasteiger partial charge in [0.25, 0.3) is 0 Å². The van der Waals surface area contributed by atoms with Crippen molar-refractivity contribution in [3.63, 3.8) is 0 Å². The third-order valence-electron chi connectivity index (χ3n) is 5.69. The second-order valence-corrected chi connectivity index (χ2v) is 7.72. The van der Waals surface area contributed by atoms with Crippen molar-refractivity contribution in [2.24, 2.45) is 0 Å². The van der Waals surface area contributed by atoms with Gasteiger partial charge in [0.2, 0.25) is 5.91 Å². The summed E-state index contributed by atoms with van der Waals surface area (Å²) < 4.78 is 13.6. The minimum atomic E-state index is -1.09. The lowest BCUT2D eigenvalue weighted by Gasteiger charge is -2.23. The number of carbonyl (C=O) groups is 1. The number of aromatic nitrogens is 1. The number of alkyl halides is 1. The quantitative estimate of drug-likeness (QED) is 0.881. The van der Waals surface area contributed by atoms with Crippen molar-refractivity contribution >= 4 is 22.5 Å². The fraction of sp³-hybridized carbons (Fsp3) is 0.476. The van der Waals surface area contributed by atoms with Crippen molar-refractivity contribution in [2.45, 2.75) is 38.0 Å². The highest BCUT2D eigenvalue weighted by Crippen LogP contribution is 2.28. The van der Waals surface area contributed by atoms with E-state index in [1.54, 1.807) is 6.20 Å². The zero-order valence-corrected chi connectivity index (χ0v) is 15.9. The lowest BCUT2D eigenvalue weighted by atomic mass is 10.1. The first-order chi connectivity index (χ1) is 13.5. The molecule has 2 aromatic rings. The summed E-state index contributed by atoms with van der Waals surface area (Å²) in [5, 5.41) is 13.9. The molecule has 0 radical (unpaired) electrons. The van der Waals surface area contributed by atoms with E-state index in [0.717, 1.165) is 41.7 Å². The highest BCUT2D eigenvalue weighted by atomic mass is 19.1. The van der Waals surface area contributed by atoms with Crippen LogP contribution in [0.2, 0.25) is 0 Å². The van der Waals surface area contributed by atoms with Gasteiger partial charge in [0.15, 0.2) is 0 Å². The number of nitriles is 1. The molecule has 0 spiro atoms. The first-order valence-electron chi connectivity index (χ1n) is 9.71. The Bertz CT molecular complexity index is 927. The highest BCUT2D eigenvalue weighted by Gasteiger charge is 2.36. The number of aryl methyl sites for hydroxylation is 1. The van der Waals surface area contributed by atoms with Crippen LogP contribution in [0.4, 0.5) is 10.1 Å². The smallest absolute Gasteiger partial charge is 0.237 e. The largest absolute Gasteiger partial charge is 0.380 e. The third-order valence-corrected chi connectivity index (χ3v) is 5.69. The maximum absolute atomic E-state index is 13.6. The number of benzene rings is 1. The Hall–Kier alpha value is -2.72. The van der Waals surface area contributed by atoms with Crippen LogP contribution in [0.3, 0.4) is 0 Å². The lowest BCUT2D eigenvalue weighted by molar-refractivity contribution is -0.132. The Morgan fingerprint density at radius 3 is 3.07 bits per heavy atom. The van der Waals surface area contributed by atoms with E-state index in [2.05, 4.69) is 34.3 Å². The molecule has 0 bridgehead atoms. The molecule has 1 N–H and O–H groups in total. The van der Waals surface area contributed by atoms with Gasteiger partial charge in [-0.3, -0.25) is 14.7 Å². The minimum absolute atomic E-state index is 0.0365. The maximum atomic E-state index is 13.6. The lowest BCUT2D eigenvalue weighted by Crippen LogP contribution is -2.42. The summed E-state index contributed by atoms with van der Waals surface area (Å²) in [7, 11) is 0. The Kier molecular flexibility index (Phi) is 5.14. The average Bonchev–Trinajstić information content (AvgIpc) is 3.30. The molecule has 2 saturated heterocycles. The second kappa shape index (κ2) is 7.72. The van der Waals surface area contributed by atoms with Crippen molar-refractivity contribution in [1.82, 2.24) is 14.8 Å². The van der Waals surface area contributed by atoms with E-state index in [-0.39, 0.29) is 31.5 Å². The van der Waals surface area contributed by atoms with Gasteiger partial charge in [0.1, 0.15) is 12.2 Å². The number of pyridine rings is 1. The molecule has 4 rings (SSSR count). The van der Waals surface area contributed by atoms with Gasteiger partial charge in [-0.15, -0.1) is 0 Å². The molecule has 3 atom stereocenters. The van der Waals surface area contributed by atoms with Crippen LogP contribution < -0.4 is 5.32 Å². The molecule has 1 aromatic carbocycles. The number of fused-ring (bicyclic) bond motifs is 1. The van der Waals surface area contributed by atoms with Gasteiger partial charge in [-0.2, -0.15) is 5.26 Å². The van der Waals surface area contributed by atoms with Gasteiger partial charge in [0.05, 0.1) is 24.7 Å². The summed E-state index contributed by atoms with van der Waals surface area (Å²) in [6, 6.07) is 9.73. The van der Waals surface area contributed by atoms with E-state index in [0.29, 0.717) is 0 Å². The van der Waals surface area contributed by atoms with Crippen LogP contribution in [0.25, 0.3) is 10.9 Å². The molecule has 1 unspecified atom stereocenters. The number of nitrogens with one attached hydrogen (secondary N) is 1. The number of hydrogen-bond donors (Lipinski definition) is 1. The minimum Gasteiger partial charge on any atom is -0.380 e. The molecule has 2 fully saturated rings. The molecule has 2 aliphatic rings. The molecule has 0 saturated carbocycles. The Morgan fingerprint density at radius 1 is 1.39 bits per heavy atom. The SMILES string of the molecule is Cc1ccc2ncccc2c1N[C@@H]1CCN(CC(=O)N2C[C@@H](F)CC2C#N)C1. The number of halogens is 1. The van der Waals surface area contributed by atoms with Crippen molar-refractivity contribution in [2.75, 3.05) is 31.5 Å². The van der Waals surface area contributed by atoms with Crippen molar-refractivity contribution in [1.29, 1.82) is 5.26 Å².